The molecule has 3 rings (SSSR count). The molecule has 1 aliphatic heterocycles. The number of hydrogen-bond donors (Lipinski definition) is 1. The number of amides is 2. The Balaban J connectivity index is 1.78. The van der Waals surface area contributed by atoms with Gasteiger partial charge >= 0.3 is 6.03 Å². The number of halogens is 1. The van der Waals surface area contributed by atoms with Gasteiger partial charge in [0, 0.05) is 17.3 Å². The minimum atomic E-state index is -0.0313. The number of urea groups is 1. The highest BCUT2D eigenvalue weighted by Crippen LogP contribution is 2.33. The highest BCUT2D eigenvalue weighted by molar-refractivity contribution is 6.30. The lowest BCUT2D eigenvalue weighted by Crippen LogP contribution is -2.34. The summed E-state index contributed by atoms with van der Waals surface area (Å²) in [4.78, 5) is 14.6. The molecule has 3 nitrogen and oxygen atoms in total. The number of hydrogen-bond acceptors (Lipinski definition) is 1. The second-order valence-electron chi connectivity index (χ2n) is 6.15. The highest BCUT2D eigenvalue weighted by Gasteiger charge is 2.30. The summed E-state index contributed by atoms with van der Waals surface area (Å²) >= 11 is 5.96. The highest BCUT2D eigenvalue weighted by atomic mass is 35.5. The Morgan fingerprint density at radius 2 is 1.91 bits per heavy atom. The zero-order chi connectivity index (χ0) is 16.4. The van der Waals surface area contributed by atoms with E-state index in [0.717, 1.165) is 46.8 Å². The van der Waals surface area contributed by atoms with Crippen LogP contribution in [0.3, 0.4) is 0 Å². The van der Waals surface area contributed by atoms with E-state index in [2.05, 4.69) is 11.4 Å². The molecule has 4 heteroatoms. The molecule has 2 aromatic carbocycles. The molecule has 0 bridgehead atoms. The standard InChI is InChI=1S/C19H21ClN2O/c1-13-5-6-14(2)17(12-13)21-19(23)22-11-3-4-18(22)15-7-9-16(20)10-8-15/h5-10,12,18H,3-4,11H2,1-2H3,(H,21,23). The van der Waals surface area contributed by atoms with Gasteiger partial charge in [-0.15, -0.1) is 0 Å². The van der Waals surface area contributed by atoms with Crippen LogP contribution in [-0.2, 0) is 0 Å². The molecule has 1 fully saturated rings. The molecule has 0 spiro atoms. The molecule has 0 saturated carbocycles. The topological polar surface area (TPSA) is 32.3 Å². The van der Waals surface area contributed by atoms with E-state index in [1.54, 1.807) is 0 Å². The number of likely N-dealkylation sites (tertiary alicyclic amines) is 1. The quantitative estimate of drug-likeness (QED) is 0.794. The maximum absolute atomic E-state index is 12.7. The third-order valence-electron chi connectivity index (χ3n) is 4.40. The Bertz CT molecular complexity index is 712. The zero-order valence-corrected chi connectivity index (χ0v) is 14.2. The molecule has 1 N–H and O–H groups in total. The van der Waals surface area contributed by atoms with E-state index in [0.29, 0.717) is 0 Å². The van der Waals surface area contributed by atoms with Crippen LogP contribution in [0.15, 0.2) is 42.5 Å². The van der Waals surface area contributed by atoms with E-state index in [-0.39, 0.29) is 12.1 Å². The van der Waals surface area contributed by atoms with Crippen LogP contribution >= 0.6 is 11.6 Å². The molecule has 1 saturated heterocycles. The smallest absolute Gasteiger partial charge is 0.317 e. The molecule has 0 aromatic heterocycles. The summed E-state index contributed by atoms with van der Waals surface area (Å²) in [5.74, 6) is 0. The number of benzene rings is 2. The molecule has 2 amide bonds. The number of carbonyl (C=O) groups is 1. The number of anilines is 1. The molecule has 1 aliphatic rings. The Kier molecular flexibility index (Phi) is 4.58. The fraction of sp³-hybridized carbons (Fsp3) is 0.316. The van der Waals surface area contributed by atoms with Gasteiger partial charge in [-0.05, 0) is 61.6 Å². The molecule has 1 unspecified atom stereocenters. The van der Waals surface area contributed by atoms with Gasteiger partial charge in [-0.25, -0.2) is 4.79 Å². The summed E-state index contributed by atoms with van der Waals surface area (Å²) in [6.45, 7) is 4.82. The Hall–Kier alpha value is -2.00. The zero-order valence-electron chi connectivity index (χ0n) is 13.5. The molecule has 2 aromatic rings. The van der Waals surface area contributed by atoms with Gasteiger partial charge in [0.25, 0.3) is 0 Å². The first-order valence-electron chi connectivity index (χ1n) is 7.95. The van der Waals surface area contributed by atoms with E-state index in [1.165, 1.54) is 0 Å². The molecular weight excluding hydrogens is 308 g/mol. The maximum Gasteiger partial charge on any atom is 0.322 e. The molecule has 1 atom stereocenters. The molecule has 1 heterocycles. The van der Waals surface area contributed by atoms with E-state index in [4.69, 9.17) is 11.6 Å². The van der Waals surface area contributed by atoms with Crippen LogP contribution in [0, 0.1) is 13.8 Å². The lowest BCUT2D eigenvalue weighted by atomic mass is 10.0. The lowest BCUT2D eigenvalue weighted by molar-refractivity contribution is 0.207. The van der Waals surface area contributed by atoms with Crippen molar-refractivity contribution in [2.75, 3.05) is 11.9 Å². The minimum Gasteiger partial charge on any atom is -0.317 e. The Morgan fingerprint density at radius 3 is 2.65 bits per heavy atom. The van der Waals surface area contributed by atoms with Crippen LogP contribution in [0.5, 0.6) is 0 Å². The predicted molar refractivity (Wildman–Crippen MR) is 95.1 cm³/mol. The predicted octanol–water partition coefficient (Wildman–Crippen LogP) is 5.33. The fourth-order valence-electron chi connectivity index (χ4n) is 3.10. The van der Waals surface area contributed by atoms with Crippen molar-refractivity contribution < 1.29 is 4.79 Å². The summed E-state index contributed by atoms with van der Waals surface area (Å²) in [7, 11) is 0. The van der Waals surface area contributed by atoms with Crippen LogP contribution < -0.4 is 5.32 Å². The number of nitrogens with one attached hydrogen (secondary N) is 1. The van der Waals surface area contributed by atoms with Crippen molar-refractivity contribution in [3.05, 3.63) is 64.2 Å². The van der Waals surface area contributed by atoms with Crippen molar-refractivity contribution in [3.63, 3.8) is 0 Å². The van der Waals surface area contributed by atoms with E-state index in [9.17, 15) is 4.79 Å². The van der Waals surface area contributed by atoms with Gasteiger partial charge in [0.1, 0.15) is 0 Å². The minimum absolute atomic E-state index is 0.0313. The summed E-state index contributed by atoms with van der Waals surface area (Å²) in [5, 5.41) is 3.79. The van der Waals surface area contributed by atoms with Crippen LogP contribution in [0.1, 0.15) is 35.6 Å². The number of nitrogens with zero attached hydrogens (tertiary/aromatic N) is 1. The van der Waals surface area contributed by atoms with Crippen molar-refractivity contribution in [2.45, 2.75) is 32.7 Å². The summed E-state index contributed by atoms with van der Waals surface area (Å²) < 4.78 is 0. The third-order valence-corrected chi connectivity index (χ3v) is 4.66. The van der Waals surface area contributed by atoms with Crippen molar-refractivity contribution >= 4 is 23.3 Å². The Labute approximate surface area is 142 Å². The first-order chi connectivity index (χ1) is 11.0. The van der Waals surface area contributed by atoms with Gasteiger partial charge in [0.15, 0.2) is 0 Å². The normalized spacial score (nSPS) is 17.3. The SMILES string of the molecule is Cc1ccc(C)c(NC(=O)N2CCCC2c2ccc(Cl)cc2)c1. The van der Waals surface area contributed by atoms with Gasteiger partial charge in [0.05, 0.1) is 6.04 Å². The van der Waals surface area contributed by atoms with E-state index < -0.39 is 0 Å². The molecular formula is C19H21ClN2O. The van der Waals surface area contributed by atoms with Gasteiger partial charge in [0.2, 0.25) is 0 Å². The second kappa shape index (κ2) is 6.63. The summed E-state index contributed by atoms with van der Waals surface area (Å²) in [6, 6.07) is 14.0. The van der Waals surface area contributed by atoms with E-state index >= 15 is 0 Å². The van der Waals surface area contributed by atoms with Crippen molar-refractivity contribution in [3.8, 4) is 0 Å². The van der Waals surface area contributed by atoms with E-state index in [1.807, 2.05) is 55.1 Å². The van der Waals surface area contributed by atoms with Crippen LogP contribution in [0.4, 0.5) is 10.5 Å². The van der Waals surface area contributed by atoms with Crippen molar-refractivity contribution in [2.24, 2.45) is 0 Å². The van der Waals surface area contributed by atoms with Gasteiger partial charge in [-0.2, -0.15) is 0 Å². The molecule has 23 heavy (non-hydrogen) atoms. The fourth-order valence-corrected chi connectivity index (χ4v) is 3.22. The lowest BCUT2D eigenvalue weighted by Gasteiger charge is -2.26. The second-order valence-corrected chi connectivity index (χ2v) is 6.59. The third kappa shape index (κ3) is 3.50. The first kappa shape index (κ1) is 15.9. The average Bonchev–Trinajstić information content (AvgIpc) is 3.01. The monoisotopic (exact) mass is 328 g/mol. The van der Waals surface area contributed by atoms with Crippen molar-refractivity contribution in [1.29, 1.82) is 0 Å². The summed E-state index contributed by atoms with van der Waals surface area (Å²) in [6.07, 6.45) is 2.01. The van der Waals surface area contributed by atoms with Crippen LogP contribution in [-0.4, -0.2) is 17.5 Å². The van der Waals surface area contributed by atoms with Gasteiger partial charge < -0.3 is 10.2 Å². The van der Waals surface area contributed by atoms with Crippen LogP contribution in [0.25, 0.3) is 0 Å². The van der Waals surface area contributed by atoms with Crippen molar-refractivity contribution in [1.82, 2.24) is 4.90 Å². The molecule has 120 valence electrons. The maximum atomic E-state index is 12.7. The number of aryl methyl sites for hydroxylation is 2. The first-order valence-corrected chi connectivity index (χ1v) is 8.33. The number of rotatable bonds is 2. The number of carbonyl (C=O) groups excluding carboxylic acids is 1. The molecule has 0 radical (unpaired) electrons. The van der Waals surface area contributed by atoms with Gasteiger partial charge in [-0.1, -0.05) is 35.9 Å². The Morgan fingerprint density at radius 1 is 1.17 bits per heavy atom. The van der Waals surface area contributed by atoms with Crippen LogP contribution in [0.2, 0.25) is 5.02 Å². The van der Waals surface area contributed by atoms with Gasteiger partial charge in [-0.3, -0.25) is 0 Å². The largest absolute Gasteiger partial charge is 0.322 e. The molecule has 0 aliphatic carbocycles. The average molecular weight is 329 g/mol. The summed E-state index contributed by atoms with van der Waals surface area (Å²) in [5.41, 5.74) is 4.24.